The molecule has 2 heterocycles. The van der Waals surface area contributed by atoms with Gasteiger partial charge in [-0.1, -0.05) is 18.2 Å². The number of para-hydroxylation sites is 1. The van der Waals surface area contributed by atoms with Gasteiger partial charge in [-0.2, -0.15) is 0 Å². The van der Waals surface area contributed by atoms with E-state index in [1.807, 2.05) is 30.0 Å². The predicted molar refractivity (Wildman–Crippen MR) is 87.8 cm³/mol. The van der Waals surface area contributed by atoms with Crippen LogP contribution >= 0.6 is 0 Å². The van der Waals surface area contributed by atoms with E-state index in [0.29, 0.717) is 6.42 Å². The van der Waals surface area contributed by atoms with Crippen molar-refractivity contribution in [3.8, 4) is 0 Å². The highest BCUT2D eigenvalue weighted by molar-refractivity contribution is 5.90. The lowest BCUT2D eigenvalue weighted by Crippen LogP contribution is -2.48. The quantitative estimate of drug-likeness (QED) is 0.916. The van der Waals surface area contributed by atoms with Crippen molar-refractivity contribution in [2.45, 2.75) is 51.7 Å². The third kappa shape index (κ3) is 2.63. The van der Waals surface area contributed by atoms with Gasteiger partial charge in [0.25, 0.3) is 0 Å². The topological polar surface area (TPSA) is 56.3 Å². The van der Waals surface area contributed by atoms with Crippen molar-refractivity contribution in [2.24, 2.45) is 0 Å². The minimum atomic E-state index is -0.846. The molecule has 1 atom stereocenters. The van der Waals surface area contributed by atoms with Crippen LogP contribution in [0.4, 0.5) is 0 Å². The molecule has 2 N–H and O–H groups in total. The second-order valence-electron chi connectivity index (χ2n) is 6.85. The van der Waals surface area contributed by atoms with Crippen molar-refractivity contribution in [3.05, 3.63) is 35.5 Å². The first kappa shape index (κ1) is 15.1. The summed E-state index contributed by atoms with van der Waals surface area (Å²) < 4.78 is 0. The van der Waals surface area contributed by atoms with Crippen molar-refractivity contribution < 1.29 is 9.90 Å². The van der Waals surface area contributed by atoms with Crippen molar-refractivity contribution in [3.63, 3.8) is 0 Å². The average Bonchev–Trinajstić information content (AvgIpc) is 3.04. The molecule has 1 aromatic heterocycles. The molecule has 1 aliphatic rings. The molecular formula is C18H24N2O2. The summed E-state index contributed by atoms with van der Waals surface area (Å²) in [6.07, 6.45) is 2.23. The molecule has 0 spiro atoms. The van der Waals surface area contributed by atoms with Crippen LogP contribution in [-0.2, 0) is 11.2 Å². The zero-order valence-corrected chi connectivity index (χ0v) is 13.5. The third-order valence-electron chi connectivity index (χ3n) is 4.74. The Bertz CT molecular complexity index is 697. The zero-order chi connectivity index (χ0) is 15.9. The second-order valence-corrected chi connectivity index (χ2v) is 6.85. The normalized spacial score (nSPS) is 19.1. The van der Waals surface area contributed by atoms with E-state index >= 15 is 0 Å². The Morgan fingerprint density at radius 3 is 2.86 bits per heavy atom. The number of carbonyl (C=O) groups excluding carboxylic acids is 1. The van der Waals surface area contributed by atoms with Crippen molar-refractivity contribution in [1.82, 2.24) is 9.88 Å². The number of aryl methyl sites for hydroxylation is 1. The number of amides is 1. The first-order valence-corrected chi connectivity index (χ1v) is 7.96. The van der Waals surface area contributed by atoms with E-state index in [4.69, 9.17) is 0 Å². The molecule has 1 fully saturated rings. The first-order valence-electron chi connectivity index (χ1n) is 7.96. The van der Waals surface area contributed by atoms with Crippen molar-refractivity contribution in [1.29, 1.82) is 0 Å². The Labute approximate surface area is 131 Å². The van der Waals surface area contributed by atoms with Crippen LogP contribution in [0.25, 0.3) is 10.9 Å². The Kier molecular flexibility index (Phi) is 3.73. The lowest BCUT2D eigenvalue weighted by molar-refractivity contribution is -0.135. The van der Waals surface area contributed by atoms with E-state index in [-0.39, 0.29) is 11.9 Å². The summed E-state index contributed by atoms with van der Waals surface area (Å²) in [4.78, 5) is 18.0. The van der Waals surface area contributed by atoms with Gasteiger partial charge in [0.2, 0.25) is 5.91 Å². The lowest BCUT2D eigenvalue weighted by atomic mass is 9.96. The number of H-pyrrole nitrogens is 1. The fraction of sp³-hybridized carbons (Fsp3) is 0.500. The average molecular weight is 300 g/mol. The van der Waals surface area contributed by atoms with E-state index < -0.39 is 5.60 Å². The van der Waals surface area contributed by atoms with E-state index in [2.05, 4.69) is 11.1 Å². The van der Waals surface area contributed by atoms with Crippen LogP contribution < -0.4 is 0 Å². The molecule has 3 rings (SSSR count). The van der Waals surface area contributed by atoms with E-state index in [1.165, 1.54) is 0 Å². The molecule has 4 heteroatoms. The summed E-state index contributed by atoms with van der Waals surface area (Å²) in [5.41, 5.74) is 2.35. The molecule has 1 unspecified atom stereocenters. The molecule has 0 aliphatic carbocycles. The molecule has 0 saturated carbocycles. The number of aromatic amines is 1. The van der Waals surface area contributed by atoms with E-state index in [9.17, 15) is 9.90 Å². The molecule has 2 aromatic rings. The monoisotopic (exact) mass is 300 g/mol. The maximum atomic E-state index is 12.8. The highest BCUT2D eigenvalue weighted by Crippen LogP contribution is 2.29. The van der Waals surface area contributed by atoms with E-state index in [1.54, 1.807) is 13.8 Å². The molecule has 0 radical (unpaired) electrons. The van der Waals surface area contributed by atoms with Crippen molar-refractivity contribution >= 4 is 16.8 Å². The number of hydrogen-bond donors (Lipinski definition) is 2. The standard InChI is InChI=1S/C18H24N2O2/c1-12-14(13-7-4-5-8-15(13)19-12)11-17(21)20-10-6-9-16(20)18(2,3)22/h4-5,7-8,16,19,22H,6,9-11H2,1-3H3. The van der Waals surface area contributed by atoms with Gasteiger partial charge in [0.05, 0.1) is 18.1 Å². The SMILES string of the molecule is Cc1[nH]c2ccccc2c1CC(=O)N1CCCC1C(C)(C)O. The number of carbonyl (C=O) groups is 1. The first-order chi connectivity index (χ1) is 10.4. The molecule has 1 saturated heterocycles. The smallest absolute Gasteiger partial charge is 0.227 e. The summed E-state index contributed by atoms with van der Waals surface area (Å²) in [7, 11) is 0. The van der Waals surface area contributed by atoms with Gasteiger partial charge in [-0.15, -0.1) is 0 Å². The fourth-order valence-electron chi connectivity index (χ4n) is 3.62. The number of nitrogens with zero attached hydrogens (tertiary/aromatic N) is 1. The molecule has 1 aromatic carbocycles. The number of fused-ring (bicyclic) bond motifs is 1. The van der Waals surface area contributed by atoms with Crippen LogP contribution in [0.2, 0.25) is 0 Å². The number of rotatable bonds is 3. The number of aliphatic hydroxyl groups is 1. The van der Waals surface area contributed by atoms with Crippen LogP contribution in [0, 0.1) is 6.92 Å². The Morgan fingerprint density at radius 1 is 1.41 bits per heavy atom. The lowest BCUT2D eigenvalue weighted by Gasteiger charge is -2.34. The summed E-state index contributed by atoms with van der Waals surface area (Å²) in [6.45, 7) is 6.34. The summed E-state index contributed by atoms with van der Waals surface area (Å²) in [5.74, 6) is 0.109. The largest absolute Gasteiger partial charge is 0.388 e. The van der Waals surface area contributed by atoms with Crippen LogP contribution in [0.5, 0.6) is 0 Å². The summed E-state index contributed by atoms with van der Waals surface area (Å²) >= 11 is 0. The molecule has 1 amide bonds. The predicted octanol–water partition coefficient (Wildman–Crippen LogP) is 2.78. The number of likely N-dealkylation sites (tertiary alicyclic amines) is 1. The Hall–Kier alpha value is -1.81. The van der Waals surface area contributed by atoms with Gasteiger partial charge in [0.15, 0.2) is 0 Å². The van der Waals surface area contributed by atoms with Gasteiger partial charge in [0.1, 0.15) is 0 Å². The van der Waals surface area contributed by atoms with Crippen LogP contribution in [0.1, 0.15) is 37.9 Å². The summed E-state index contributed by atoms with van der Waals surface area (Å²) in [5, 5.41) is 11.4. The molecule has 1 aliphatic heterocycles. The zero-order valence-electron chi connectivity index (χ0n) is 13.5. The molecule has 0 bridgehead atoms. The maximum absolute atomic E-state index is 12.8. The van der Waals surface area contributed by atoms with Crippen LogP contribution in [-0.4, -0.2) is 39.1 Å². The maximum Gasteiger partial charge on any atom is 0.227 e. The number of nitrogens with one attached hydrogen (secondary N) is 1. The number of hydrogen-bond acceptors (Lipinski definition) is 2. The van der Waals surface area contributed by atoms with Crippen molar-refractivity contribution in [2.75, 3.05) is 6.54 Å². The molecular weight excluding hydrogens is 276 g/mol. The highest BCUT2D eigenvalue weighted by Gasteiger charge is 2.38. The highest BCUT2D eigenvalue weighted by atomic mass is 16.3. The van der Waals surface area contributed by atoms with Gasteiger partial charge in [-0.05, 0) is 45.2 Å². The molecule has 118 valence electrons. The van der Waals surface area contributed by atoms with Gasteiger partial charge in [0, 0.05) is 23.1 Å². The summed E-state index contributed by atoms with van der Waals surface area (Å²) in [6, 6.07) is 8.00. The van der Waals surface area contributed by atoms with Crippen LogP contribution in [0.15, 0.2) is 24.3 Å². The minimum Gasteiger partial charge on any atom is -0.388 e. The number of aromatic nitrogens is 1. The van der Waals surface area contributed by atoms with Gasteiger partial charge in [-0.3, -0.25) is 4.79 Å². The Morgan fingerprint density at radius 2 is 2.14 bits per heavy atom. The second kappa shape index (κ2) is 5.43. The Balaban J connectivity index is 1.86. The van der Waals surface area contributed by atoms with Crippen LogP contribution in [0.3, 0.4) is 0 Å². The molecule has 22 heavy (non-hydrogen) atoms. The van der Waals surface area contributed by atoms with Gasteiger partial charge < -0.3 is 15.0 Å². The van der Waals surface area contributed by atoms with E-state index in [0.717, 1.165) is 41.5 Å². The minimum absolute atomic E-state index is 0.0782. The number of benzene rings is 1. The third-order valence-corrected chi connectivity index (χ3v) is 4.74. The van der Waals surface area contributed by atoms with Gasteiger partial charge in [-0.25, -0.2) is 0 Å². The fourth-order valence-corrected chi connectivity index (χ4v) is 3.62. The molecule has 4 nitrogen and oxygen atoms in total. The van der Waals surface area contributed by atoms with Gasteiger partial charge >= 0.3 is 0 Å².